The van der Waals surface area contributed by atoms with Gasteiger partial charge in [0.2, 0.25) is 17.8 Å². The second-order valence-corrected chi connectivity index (χ2v) is 7.18. The highest BCUT2D eigenvalue weighted by molar-refractivity contribution is 5.96. The Labute approximate surface area is 189 Å². The summed E-state index contributed by atoms with van der Waals surface area (Å²) in [4.78, 5) is 25.2. The molecule has 0 amide bonds. The molecule has 152 valence electrons. The normalized spacial score (nSPS) is 10.7. The molecule has 0 N–H and O–H groups in total. The molecule has 5 aromatic rings. The van der Waals surface area contributed by atoms with Crippen LogP contribution in [0.4, 0.5) is 0 Å². The first-order valence-electron chi connectivity index (χ1n) is 9.73. The Morgan fingerprint density at radius 3 is 2.29 bits per heavy atom. The Bertz CT molecular complexity index is 1450. The minimum atomic E-state index is -0.390. The van der Waals surface area contributed by atoms with Crippen molar-refractivity contribution in [2.75, 3.05) is 0 Å². The minimum absolute atomic E-state index is 0. The van der Waals surface area contributed by atoms with Crippen LogP contribution in [0, 0.1) is 0 Å². The fourth-order valence-electron chi connectivity index (χ4n) is 3.70. The van der Waals surface area contributed by atoms with E-state index in [2.05, 4.69) is 0 Å². The van der Waals surface area contributed by atoms with Crippen LogP contribution in [0.15, 0.2) is 106 Å². The third-order valence-corrected chi connectivity index (χ3v) is 5.26. The summed E-state index contributed by atoms with van der Waals surface area (Å²) >= 11 is 0. The van der Waals surface area contributed by atoms with Crippen LogP contribution >= 0.6 is 0 Å². The van der Waals surface area contributed by atoms with E-state index in [9.17, 15) is 9.59 Å². The number of nitrogens with zero attached hydrogens (tertiary/aromatic N) is 1. The zero-order valence-electron chi connectivity index (χ0n) is 16.5. The van der Waals surface area contributed by atoms with Gasteiger partial charge >= 0.3 is 5.63 Å². The van der Waals surface area contributed by atoms with Crippen LogP contribution in [0.2, 0.25) is 0 Å². The maximum atomic E-state index is 12.8. The summed E-state index contributed by atoms with van der Waals surface area (Å²) in [5, 5.41) is 1.95. The fourth-order valence-corrected chi connectivity index (χ4v) is 3.70. The Kier molecular flexibility index (Phi) is 5.78. The molecular formula is C26H18BrNO3. The van der Waals surface area contributed by atoms with E-state index >= 15 is 0 Å². The molecule has 0 aliphatic heterocycles. The van der Waals surface area contributed by atoms with Crippen molar-refractivity contribution < 1.29 is 30.8 Å². The fraction of sp³-hybridized carbons (Fsp3) is 0.0385. The zero-order valence-corrected chi connectivity index (χ0v) is 18.1. The molecule has 5 rings (SSSR count). The van der Waals surface area contributed by atoms with Gasteiger partial charge in [0.05, 0.1) is 5.56 Å². The molecule has 0 radical (unpaired) electrons. The number of carbonyl (C=O) groups excluding carboxylic acids is 1. The molecule has 0 saturated carbocycles. The first-order chi connectivity index (χ1) is 14.7. The van der Waals surface area contributed by atoms with Crippen molar-refractivity contribution in [3.05, 3.63) is 113 Å². The van der Waals surface area contributed by atoms with Gasteiger partial charge in [0.15, 0.2) is 6.20 Å². The summed E-state index contributed by atoms with van der Waals surface area (Å²) in [6, 6.07) is 28.3. The highest BCUT2D eigenvalue weighted by atomic mass is 79.9. The van der Waals surface area contributed by atoms with Crippen molar-refractivity contribution in [1.82, 2.24) is 0 Å². The Morgan fingerprint density at radius 1 is 0.806 bits per heavy atom. The highest BCUT2D eigenvalue weighted by Gasteiger charge is 2.16. The van der Waals surface area contributed by atoms with Gasteiger partial charge in [-0.2, -0.15) is 4.57 Å². The molecule has 0 fully saturated rings. The summed E-state index contributed by atoms with van der Waals surface area (Å²) < 4.78 is 7.37. The second-order valence-electron chi connectivity index (χ2n) is 7.18. The summed E-state index contributed by atoms with van der Waals surface area (Å²) in [6.45, 7) is 0.249. The average Bonchev–Trinajstić information content (AvgIpc) is 2.79. The van der Waals surface area contributed by atoms with Crippen LogP contribution in [0.1, 0.15) is 10.4 Å². The monoisotopic (exact) mass is 471 g/mol. The van der Waals surface area contributed by atoms with E-state index in [1.165, 1.54) is 0 Å². The van der Waals surface area contributed by atoms with Crippen molar-refractivity contribution >= 4 is 27.7 Å². The number of rotatable bonds is 4. The van der Waals surface area contributed by atoms with Crippen LogP contribution < -0.4 is 27.2 Å². The van der Waals surface area contributed by atoms with Gasteiger partial charge in [-0.05, 0) is 29.8 Å². The molecule has 31 heavy (non-hydrogen) atoms. The molecule has 0 atom stereocenters. The maximum absolute atomic E-state index is 12.8. The van der Waals surface area contributed by atoms with Gasteiger partial charge in [0.1, 0.15) is 5.58 Å². The van der Waals surface area contributed by atoms with Crippen LogP contribution in [0.5, 0.6) is 0 Å². The average molecular weight is 472 g/mol. The quantitative estimate of drug-likeness (QED) is 0.228. The van der Waals surface area contributed by atoms with Gasteiger partial charge < -0.3 is 21.4 Å². The largest absolute Gasteiger partial charge is 1.00 e. The Morgan fingerprint density at radius 2 is 1.48 bits per heavy atom. The molecule has 2 heterocycles. The number of fused-ring (bicyclic) bond motifs is 2. The smallest absolute Gasteiger partial charge is 0.344 e. The zero-order chi connectivity index (χ0) is 20.5. The minimum Gasteiger partial charge on any atom is -1.00 e. The summed E-state index contributed by atoms with van der Waals surface area (Å²) in [7, 11) is 0. The number of pyridine rings is 1. The van der Waals surface area contributed by atoms with Crippen molar-refractivity contribution in [2.45, 2.75) is 6.54 Å². The lowest BCUT2D eigenvalue weighted by Gasteiger charge is -2.05. The lowest BCUT2D eigenvalue weighted by atomic mass is 10.0. The molecule has 4 nitrogen and oxygen atoms in total. The van der Waals surface area contributed by atoms with Crippen molar-refractivity contribution in [3.63, 3.8) is 0 Å². The van der Waals surface area contributed by atoms with Gasteiger partial charge in [-0.1, -0.05) is 54.6 Å². The number of hydrogen-bond donors (Lipinski definition) is 0. The van der Waals surface area contributed by atoms with Crippen molar-refractivity contribution in [1.29, 1.82) is 0 Å². The standard InChI is InChI=1S/C26H18NO3.BrH/c28-24(17-27-15-5-8-19-6-1-3-9-23(19)27)20-13-11-18(12-14-20)22-16-21-7-2-4-10-25(21)30-26(22)29;/h1-16H,17H2;1H/q+1;/p-1. The van der Waals surface area contributed by atoms with Crippen LogP contribution in [0.3, 0.4) is 0 Å². The van der Waals surface area contributed by atoms with Gasteiger partial charge in [0.25, 0.3) is 0 Å². The first-order valence-corrected chi connectivity index (χ1v) is 9.73. The van der Waals surface area contributed by atoms with E-state index in [1.54, 1.807) is 30.3 Å². The van der Waals surface area contributed by atoms with Gasteiger partial charge in [-0.25, -0.2) is 4.79 Å². The van der Waals surface area contributed by atoms with E-state index in [1.807, 2.05) is 71.4 Å². The summed E-state index contributed by atoms with van der Waals surface area (Å²) in [5.74, 6) is 0.00782. The molecule has 0 bridgehead atoms. The van der Waals surface area contributed by atoms with Crippen LogP contribution in [-0.2, 0) is 6.54 Å². The van der Waals surface area contributed by atoms with E-state index in [0.717, 1.165) is 21.9 Å². The van der Waals surface area contributed by atoms with Crippen molar-refractivity contribution in [3.8, 4) is 11.1 Å². The number of Topliss-reactive ketones (excluding diaryl/α,β-unsaturated/α-hetero) is 1. The lowest BCUT2D eigenvalue weighted by molar-refractivity contribution is -0.657. The number of aromatic nitrogens is 1. The van der Waals surface area contributed by atoms with E-state index < -0.39 is 0 Å². The molecular weight excluding hydrogens is 454 g/mol. The van der Waals surface area contributed by atoms with Gasteiger partial charge in [-0.15, -0.1) is 0 Å². The number of hydrogen-bond acceptors (Lipinski definition) is 3. The second kappa shape index (κ2) is 8.66. The molecule has 3 aromatic carbocycles. The highest BCUT2D eigenvalue weighted by Crippen LogP contribution is 2.21. The molecule has 0 aliphatic carbocycles. The topological polar surface area (TPSA) is 51.2 Å². The number of para-hydroxylation sites is 2. The molecule has 0 unspecified atom stereocenters. The lowest BCUT2D eigenvalue weighted by Crippen LogP contribution is -3.00. The summed E-state index contributed by atoms with van der Waals surface area (Å²) in [6.07, 6.45) is 1.91. The number of carbonyl (C=O) groups is 1. The number of ketones is 1. The van der Waals surface area contributed by atoms with Gasteiger partial charge in [-0.3, -0.25) is 4.79 Å². The SMILES string of the molecule is O=C(C[n+]1cccc2ccccc21)c1ccc(-c2cc3ccccc3oc2=O)cc1.[Br-]. The molecule has 2 aromatic heterocycles. The third-order valence-electron chi connectivity index (χ3n) is 5.26. The number of halogens is 1. The van der Waals surface area contributed by atoms with Crippen LogP contribution in [0.25, 0.3) is 33.0 Å². The molecule has 0 saturated heterocycles. The third kappa shape index (κ3) is 4.05. The molecule has 0 spiro atoms. The van der Waals surface area contributed by atoms with Gasteiger partial charge in [0, 0.05) is 28.5 Å². The maximum Gasteiger partial charge on any atom is 0.344 e. The predicted molar refractivity (Wildman–Crippen MR) is 116 cm³/mol. The Balaban J connectivity index is 0.00000231. The van der Waals surface area contributed by atoms with Crippen molar-refractivity contribution in [2.24, 2.45) is 0 Å². The van der Waals surface area contributed by atoms with E-state index in [-0.39, 0.29) is 34.9 Å². The molecule has 0 aliphatic rings. The molecule has 5 heteroatoms. The summed E-state index contributed by atoms with van der Waals surface area (Å²) in [5.41, 5.74) is 2.99. The van der Waals surface area contributed by atoms with E-state index in [4.69, 9.17) is 4.42 Å². The van der Waals surface area contributed by atoms with Crippen LogP contribution in [-0.4, -0.2) is 5.78 Å². The Hall–Kier alpha value is -3.57. The van der Waals surface area contributed by atoms with E-state index in [0.29, 0.717) is 16.7 Å². The first kappa shape index (κ1) is 20.7. The predicted octanol–water partition coefficient (Wildman–Crippen LogP) is 1.79. The number of benzene rings is 3.